The quantitative estimate of drug-likeness (QED) is 0.463. The average molecular weight is 480 g/mol. The zero-order chi connectivity index (χ0) is 24.9. The molecule has 2 aromatic rings. The van der Waals surface area contributed by atoms with E-state index in [1.165, 1.54) is 4.90 Å². The van der Waals surface area contributed by atoms with Crippen molar-refractivity contribution in [3.05, 3.63) is 60.2 Å². The molecule has 0 bridgehead atoms. The number of ether oxygens (including phenoxy) is 2. The normalized spacial score (nSPS) is 23.0. The van der Waals surface area contributed by atoms with Gasteiger partial charge in [0.05, 0.1) is 6.42 Å². The van der Waals surface area contributed by atoms with E-state index in [4.69, 9.17) is 9.47 Å². The first kappa shape index (κ1) is 24.4. The van der Waals surface area contributed by atoms with Crippen LogP contribution in [0.5, 0.6) is 0 Å². The van der Waals surface area contributed by atoms with Crippen molar-refractivity contribution in [1.82, 2.24) is 15.5 Å². The number of amides is 3. The van der Waals surface area contributed by atoms with Gasteiger partial charge in [-0.15, -0.1) is 0 Å². The number of hydrogen-bond acceptors (Lipinski definition) is 6. The fourth-order valence-electron chi connectivity index (χ4n) is 4.27. The molecule has 9 nitrogen and oxygen atoms in total. The number of nitrogens with one attached hydrogen (secondary N) is 2. The summed E-state index contributed by atoms with van der Waals surface area (Å²) in [6, 6.07) is 10.8. The van der Waals surface area contributed by atoms with Crippen LogP contribution in [0.15, 0.2) is 54.6 Å². The van der Waals surface area contributed by atoms with Gasteiger partial charge < -0.3 is 25.0 Å². The van der Waals surface area contributed by atoms with Crippen LogP contribution in [0.3, 0.4) is 0 Å². The van der Waals surface area contributed by atoms with E-state index in [9.17, 15) is 19.2 Å². The molecule has 3 amide bonds. The third kappa shape index (κ3) is 5.51. The topological polar surface area (TPSA) is 114 Å². The Hall–Kier alpha value is -3.72. The van der Waals surface area contributed by atoms with E-state index in [1.54, 1.807) is 32.1 Å². The number of carbonyl (C=O) groups is 4. The molecule has 0 saturated carbocycles. The highest BCUT2D eigenvalue weighted by atomic mass is 16.7. The van der Waals surface area contributed by atoms with Crippen molar-refractivity contribution < 1.29 is 28.7 Å². The van der Waals surface area contributed by atoms with Crippen molar-refractivity contribution in [3.63, 3.8) is 0 Å². The van der Waals surface area contributed by atoms with E-state index in [1.807, 2.05) is 36.4 Å². The van der Waals surface area contributed by atoms with E-state index >= 15 is 0 Å². The van der Waals surface area contributed by atoms with Gasteiger partial charge in [0, 0.05) is 18.7 Å². The Morgan fingerprint density at radius 1 is 1.11 bits per heavy atom. The summed E-state index contributed by atoms with van der Waals surface area (Å²) in [5.74, 6) is -1.59. The summed E-state index contributed by atoms with van der Waals surface area (Å²) in [5, 5.41) is 7.53. The third-order valence-electron chi connectivity index (χ3n) is 6.21. The van der Waals surface area contributed by atoms with Gasteiger partial charge in [0.1, 0.15) is 18.1 Å². The van der Waals surface area contributed by atoms with Gasteiger partial charge in [-0.25, -0.2) is 0 Å². The van der Waals surface area contributed by atoms with Crippen molar-refractivity contribution >= 4 is 34.5 Å². The zero-order valence-electron chi connectivity index (χ0n) is 19.7. The lowest BCUT2D eigenvalue weighted by Gasteiger charge is -2.30. The molecule has 0 spiro atoms. The maximum absolute atomic E-state index is 13.3. The fraction of sp³-hybridized carbons (Fsp3) is 0.385. The van der Waals surface area contributed by atoms with Crippen LogP contribution >= 0.6 is 0 Å². The van der Waals surface area contributed by atoms with Crippen LogP contribution in [0.1, 0.15) is 37.0 Å². The van der Waals surface area contributed by atoms with Crippen molar-refractivity contribution in [3.8, 4) is 0 Å². The first-order chi connectivity index (χ1) is 16.9. The van der Waals surface area contributed by atoms with Crippen LogP contribution < -0.4 is 10.6 Å². The minimum atomic E-state index is -0.850. The first-order valence-electron chi connectivity index (χ1n) is 11.7. The molecule has 0 aliphatic carbocycles. The molecule has 184 valence electrons. The molecular formula is C26H29N3O6. The molecule has 1 unspecified atom stereocenters. The summed E-state index contributed by atoms with van der Waals surface area (Å²) in [4.78, 5) is 52.3. The van der Waals surface area contributed by atoms with E-state index < -0.39 is 36.3 Å². The van der Waals surface area contributed by atoms with Crippen molar-refractivity contribution in [2.75, 3.05) is 13.2 Å². The molecule has 2 N–H and O–H groups in total. The molecule has 2 heterocycles. The van der Waals surface area contributed by atoms with Crippen molar-refractivity contribution in [1.29, 1.82) is 0 Å². The number of esters is 1. The summed E-state index contributed by atoms with van der Waals surface area (Å²) in [6.45, 7) is 3.93. The molecule has 9 heteroatoms. The monoisotopic (exact) mass is 479 g/mol. The Balaban J connectivity index is 1.43. The molecule has 4 atom stereocenters. The minimum absolute atomic E-state index is 0.00140. The van der Waals surface area contributed by atoms with E-state index in [2.05, 4.69) is 10.6 Å². The number of nitrogens with zero attached hydrogens (tertiary/aromatic N) is 1. The summed E-state index contributed by atoms with van der Waals surface area (Å²) < 4.78 is 10.5. The predicted molar refractivity (Wildman–Crippen MR) is 128 cm³/mol. The second kappa shape index (κ2) is 10.7. The van der Waals surface area contributed by atoms with E-state index in [-0.39, 0.29) is 24.8 Å². The molecule has 0 radical (unpaired) electrons. The lowest BCUT2D eigenvalue weighted by Crippen LogP contribution is -2.56. The number of rotatable bonds is 7. The highest BCUT2D eigenvalue weighted by Gasteiger charge is 2.39. The number of cyclic esters (lactones) is 1. The Morgan fingerprint density at radius 2 is 1.89 bits per heavy atom. The highest BCUT2D eigenvalue weighted by molar-refractivity contribution is 6.01. The zero-order valence-corrected chi connectivity index (χ0v) is 19.7. The first-order valence-corrected chi connectivity index (χ1v) is 11.7. The lowest BCUT2D eigenvalue weighted by atomic mass is 10.1. The minimum Gasteiger partial charge on any atom is -0.433 e. The van der Waals surface area contributed by atoms with Gasteiger partial charge in [0.25, 0.3) is 5.91 Å². The van der Waals surface area contributed by atoms with Gasteiger partial charge in [0.2, 0.25) is 18.1 Å². The molecule has 2 aliphatic heterocycles. The molecule has 1 fully saturated rings. The van der Waals surface area contributed by atoms with Gasteiger partial charge in [0.15, 0.2) is 0 Å². The van der Waals surface area contributed by atoms with Crippen LogP contribution in [0.25, 0.3) is 10.8 Å². The Labute approximate surface area is 203 Å². The third-order valence-corrected chi connectivity index (χ3v) is 6.21. The summed E-state index contributed by atoms with van der Waals surface area (Å²) in [5.41, 5.74) is 0.454. The Morgan fingerprint density at radius 3 is 2.66 bits per heavy atom. The van der Waals surface area contributed by atoms with Gasteiger partial charge >= 0.3 is 5.97 Å². The molecule has 2 aliphatic rings. The molecule has 35 heavy (non-hydrogen) atoms. The summed E-state index contributed by atoms with van der Waals surface area (Å²) in [7, 11) is 0. The lowest BCUT2D eigenvalue weighted by molar-refractivity contribution is -0.164. The maximum atomic E-state index is 13.3. The largest absolute Gasteiger partial charge is 0.433 e. The number of fused-ring (bicyclic) bond motifs is 1. The second-order valence-corrected chi connectivity index (χ2v) is 8.59. The van der Waals surface area contributed by atoms with Crippen LogP contribution in [-0.4, -0.2) is 66.2 Å². The van der Waals surface area contributed by atoms with E-state index in [0.29, 0.717) is 18.6 Å². The fourth-order valence-corrected chi connectivity index (χ4v) is 4.27. The summed E-state index contributed by atoms with van der Waals surface area (Å²) >= 11 is 0. The SMILES string of the molecule is CCOC1OC(=O)C[C@@H]1NC(=O)[C@H](C)N1CC=CC[C@H](NC(=O)c2ccc3ccccc3c2)C1=O. The number of benzene rings is 2. The molecule has 4 rings (SSSR count). The smallest absolute Gasteiger partial charge is 0.310 e. The summed E-state index contributed by atoms with van der Waals surface area (Å²) in [6.07, 6.45) is 3.09. The molecular weight excluding hydrogens is 450 g/mol. The maximum Gasteiger partial charge on any atom is 0.310 e. The standard InChI is InChI=1S/C26H29N3O6/c1-3-34-26-21(15-22(30)35-26)28-23(31)16(2)29-13-7-6-10-20(25(29)33)27-24(32)19-12-11-17-8-4-5-9-18(17)14-19/h4-9,11-12,14,16,20-21,26H,3,10,13,15H2,1-2H3,(H,27,32)(H,28,31)/t16-,20-,21-,26?/m0/s1. The molecule has 1 saturated heterocycles. The number of hydrogen-bond donors (Lipinski definition) is 2. The molecule has 2 aromatic carbocycles. The van der Waals surface area contributed by atoms with Crippen LogP contribution in [-0.2, 0) is 23.9 Å². The average Bonchev–Trinajstić information content (AvgIpc) is 3.09. The van der Waals surface area contributed by atoms with Gasteiger partial charge in [-0.05, 0) is 43.2 Å². The molecule has 0 aromatic heterocycles. The van der Waals surface area contributed by atoms with Crippen LogP contribution in [0.4, 0.5) is 0 Å². The van der Waals surface area contributed by atoms with E-state index in [0.717, 1.165) is 10.8 Å². The van der Waals surface area contributed by atoms with Crippen molar-refractivity contribution in [2.24, 2.45) is 0 Å². The number of carbonyl (C=O) groups excluding carboxylic acids is 4. The van der Waals surface area contributed by atoms with Gasteiger partial charge in [-0.2, -0.15) is 0 Å². The van der Waals surface area contributed by atoms with Crippen LogP contribution in [0, 0.1) is 0 Å². The Bertz CT molecular complexity index is 1160. The van der Waals surface area contributed by atoms with Gasteiger partial charge in [-0.3, -0.25) is 19.2 Å². The van der Waals surface area contributed by atoms with Crippen molar-refractivity contribution in [2.45, 2.75) is 51.1 Å². The van der Waals surface area contributed by atoms with Crippen LogP contribution in [0.2, 0.25) is 0 Å². The Kier molecular flexibility index (Phi) is 7.45. The highest BCUT2D eigenvalue weighted by Crippen LogP contribution is 2.19. The predicted octanol–water partition coefficient (Wildman–Crippen LogP) is 1.91. The second-order valence-electron chi connectivity index (χ2n) is 8.59. The van der Waals surface area contributed by atoms with Gasteiger partial charge in [-0.1, -0.05) is 42.5 Å².